The third-order valence-corrected chi connectivity index (χ3v) is 4.05. The van der Waals surface area contributed by atoms with E-state index in [9.17, 15) is 9.18 Å². The fourth-order valence-corrected chi connectivity index (χ4v) is 2.80. The van der Waals surface area contributed by atoms with Gasteiger partial charge in [0.25, 0.3) is 0 Å². The van der Waals surface area contributed by atoms with Gasteiger partial charge in [-0.2, -0.15) is 0 Å². The van der Waals surface area contributed by atoms with Gasteiger partial charge in [0.15, 0.2) is 6.29 Å². The van der Waals surface area contributed by atoms with Gasteiger partial charge in [0.2, 0.25) is 0 Å². The van der Waals surface area contributed by atoms with Crippen molar-refractivity contribution in [3.63, 3.8) is 0 Å². The lowest BCUT2D eigenvalue weighted by Crippen LogP contribution is -2.12. The summed E-state index contributed by atoms with van der Waals surface area (Å²) in [5.41, 5.74) is 1.22. The van der Waals surface area contributed by atoms with Gasteiger partial charge in [-0.1, -0.05) is 19.4 Å². The predicted molar refractivity (Wildman–Crippen MR) is 66.8 cm³/mol. The summed E-state index contributed by atoms with van der Waals surface area (Å²) >= 11 is 0. The zero-order chi connectivity index (χ0) is 12.3. The van der Waals surface area contributed by atoms with Crippen LogP contribution >= 0.6 is 0 Å². The molecule has 0 N–H and O–H groups in total. The lowest BCUT2D eigenvalue weighted by molar-refractivity contribution is 0.112. The van der Waals surface area contributed by atoms with Crippen molar-refractivity contribution in [2.45, 2.75) is 44.9 Å². The SMILES string of the molecule is CCC1CCC(c2ccc(C=O)c(F)c2)CC1. The van der Waals surface area contributed by atoms with Crippen LogP contribution in [0.25, 0.3) is 0 Å². The van der Waals surface area contributed by atoms with Crippen LogP contribution in [0, 0.1) is 11.7 Å². The fourth-order valence-electron chi connectivity index (χ4n) is 2.80. The van der Waals surface area contributed by atoms with Crippen LogP contribution in [0.1, 0.15) is 60.9 Å². The normalized spacial score (nSPS) is 24.6. The minimum Gasteiger partial charge on any atom is -0.298 e. The summed E-state index contributed by atoms with van der Waals surface area (Å²) < 4.78 is 13.5. The summed E-state index contributed by atoms with van der Waals surface area (Å²) in [4.78, 5) is 10.6. The second kappa shape index (κ2) is 5.44. The highest BCUT2D eigenvalue weighted by molar-refractivity contribution is 5.75. The zero-order valence-electron chi connectivity index (χ0n) is 10.3. The molecule has 0 aliphatic heterocycles. The summed E-state index contributed by atoms with van der Waals surface area (Å²) in [6.07, 6.45) is 6.63. The van der Waals surface area contributed by atoms with E-state index in [1.165, 1.54) is 19.3 Å². The van der Waals surface area contributed by atoms with Crippen molar-refractivity contribution in [3.8, 4) is 0 Å². The molecule has 1 aliphatic carbocycles. The molecule has 0 bridgehead atoms. The van der Waals surface area contributed by atoms with Gasteiger partial charge in [-0.3, -0.25) is 4.79 Å². The first-order valence-corrected chi connectivity index (χ1v) is 6.49. The zero-order valence-corrected chi connectivity index (χ0v) is 10.3. The minimum absolute atomic E-state index is 0.163. The Bertz CT molecular complexity index is 392. The Hall–Kier alpha value is -1.18. The van der Waals surface area contributed by atoms with Crippen LogP contribution in [0.15, 0.2) is 18.2 Å². The van der Waals surface area contributed by atoms with Crippen molar-refractivity contribution in [1.82, 2.24) is 0 Å². The molecule has 0 heterocycles. The first kappa shape index (κ1) is 12.3. The van der Waals surface area contributed by atoms with Crippen molar-refractivity contribution in [2.24, 2.45) is 5.92 Å². The second-order valence-electron chi connectivity index (χ2n) is 5.02. The molecule has 1 aliphatic rings. The lowest BCUT2D eigenvalue weighted by atomic mass is 9.78. The molecule has 0 amide bonds. The van der Waals surface area contributed by atoms with Crippen LogP contribution in [0.2, 0.25) is 0 Å². The number of hydrogen-bond donors (Lipinski definition) is 0. The summed E-state index contributed by atoms with van der Waals surface area (Å²) in [5.74, 6) is 0.952. The Kier molecular flexibility index (Phi) is 3.93. The molecule has 0 atom stereocenters. The Morgan fingerprint density at radius 1 is 1.29 bits per heavy atom. The molecule has 0 unspecified atom stereocenters. The van der Waals surface area contributed by atoms with Gasteiger partial charge in [-0.05, 0) is 55.2 Å². The van der Waals surface area contributed by atoms with E-state index in [0.717, 1.165) is 24.3 Å². The number of hydrogen-bond acceptors (Lipinski definition) is 1. The van der Waals surface area contributed by atoms with E-state index >= 15 is 0 Å². The average Bonchev–Trinajstić information content (AvgIpc) is 2.39. The van der Waals surface area contributed by atoms with Gasteiger partial charge in [0.1, 0.15) is 5.82 Å². The maximum atomic E-state index is 13.5. The number of carbonyl (C=O) groups excluding carboxylic acids is 1. The molecule has 92 valence electrons. The highest BCUT2D eigenvalue weighted by Crippen LogP contribution is 2.37. The maximum Gasteiger partial charge on any atom is 0.152 e. The number of aldehydes is 1. The Labute approximate surface area is 102 Å². The topological polar surface area (TPSA) is 17.1 Å². The van der Waals surface area contributed by atoms with Crippen LogP contribution in [0.5, 0.6) is 0 Å². The molecule has 2 heteroatoms. The molecular weight excluding hydrogens is 215 g/mol. The Morgan fingerprint density at radius 2 is 2.00 bits per heavy atom. The van der Waals surface area contributed by atoms with Gasteiger partial charge in [0.05, 0.1) is 5.56 Å². The Morgan fingerprint density at radius 3 is 2.53 bits per heavy atom. The molecule has 1 fully saturated rings. The van der Waals surface area contributed by atoms with Crippen LogP contribution < -0.4 is 0 Å². The molecule has 0 radical (unpaired) electrons. The largest absolute Gasteiger partial charge is 0.298 e. The van der Waals surface area contributed by atoms with Crippen molar-refractivity contribution in [1.29, 1.82) is 0 Å². The molecule has 0 aromatic heterocycles. The van der Waals surface area contributed by atoms with Crippen molar-refractivity contribution >= 4 is 6.29 Å². The summed E-state index contributed by atoms with van der Waals surface area (Å²) in [6, 6.07) is 5.05. The van der Waals surface area contributed by atoms with E-state index in [2.05, 4.69) is 6.92 Å². The van der Waals surface area contributed by atoms with E-state index in [1.807, 2.05) is 6.07 Å². The second-order valence-corrected chi connectivity index (χ2v) is 5.02. The number of carbonyl (C=O) groups is 1. The average molecular weight is 234 g/mol. The summed E-state index contributed by atoms with van der Waals surface area (Å²) in [7, 11) is 0. The van der Waals surface area contributed by atoms with Crippen LogP contribution in [0.3, 0.4) is 0 Å². The minimum atomic E-state index is -0.380. The molecule has 1 aromatic carbocycles. The molecular formula is C15H19FO. The summed E-state index contributed by atoms with van der Waals surface area (Å²) in [5, 5.41) is 0. The van der Waals surface area contributed by atoms with Crippen LogP contribution in [-0.4, -0.2) is 6.29 Å². The number of rotatable bonds is 3. The first-order valence-electron chi connectivity index (χ1n) is 6.49. The monoisotopic (exact) mass is 234 g/mol. The molecule has 1 nitrogen and oxygen atoms in total. The molecule has 1 saturated carbocycles. The van der Waals surface area contributed by atoms with Gasteiger partial charge < -0.3 is 0 Å². The van der Waals surface area contributed by atoms with E-state index in [-0.39, 0.29) is 11.4 Å². The maximum absolute atomic E-state index is 13.5. The molecule has 0 spiro atoms. The highest BCUT2D eigenvalue weighted by Gasteiger charge is 2.21. The summed E-state index contributed by atoms with van der Waals surface area (Å²) in [6.45, 7) is 2.24. The van der Waals surface area contributed by atoms with E-state index < -0.39 is 0 Å². The van der Waals surface area contributed by atoms with Crippen molar-refractivity contribution < 1.29 is 9.18 Å². The van der Waals surface area contributed by atoms with E-state index in [0.29, 0.717) is 12.2 Å². The van der Waals surface area contributed by atoms with Crippen molar-refractivity contribution in [3.05, 3.63) is 35.1 Å². The van der Waals surface area contributed by atoms with Gasteiger partial charge in [-0.15, -0.1) is 0 Å². The van der Waals surface area contributed by atoms with Crippen LogP contribution in [-0.2, 0) is 0 Å². The molecule has 1 aromatic rings. The van der Waals surface area contributed by atoms with Gasteiger partial charge in [0, 0.05) is 0 Å². The van der Waals surface area contributed by atoms with Gasteiger partial charge >= 0.3 is 0 Å². The van der Waals surface area contributed by atoms with Gasteiger partial charge in [-0.25, -0.2) is 4.39 Å². The molecule has 2 rings (SSSR count). The third kappa shape index (κ3) is 2.74. The third-order valence-electron chi connectivity index (χ3n) is 4.05. The first-order chi connectivity index (χ1) is 8.24. The smallest absolute Gasteiger partial charge is 0.152 e. The van der Waals surface area contributed by atoms with Crippen molar-refractivity contribution in [2.75, 3.05) is 0 Å². The molecule has 17 heavy (non-hydrogen) atoms. The fraction of sp³-hybridized carbons (Fsp3) is 0.533. The standard InChI is InChI=1S/C15H19FO/c1-2-11-3-5-12(6-4-11)13-7-8-14(10-17)15(16)9-13/h7-12H,2-6H2,1H3. The number of benzene rings is 1. The van der Waals surface area contributed by atoms with E-state index in [1.54, 1.807) is 12.1 Å². The lowest BCUT2D eigenvalue weighted by Gasteiger charge is -2.28. The van der Waals surface area contributed by atoms with Crippen LogP contribution in [0.4, 0.5) is 4.39 Å². The highest BCUT2D eigenvalue weighted by atomic mass is 19.1. The quantitative estimate of drug-likeness (QED) is 0.712. The Balaban J connectivity index is 2.08. The molecule has 0 saturated heterocycles. The van der Waals surface area contributed by atoms with E-state index in [4.69, 9.17) is 0 Å². The number of halogens is 1. The predicted octanol–water partition coefficient (Wildman–Crippen LogP) is 4.32.